The van der Waals surface area contributed by atoms with Gasteiger partial charge in [-0.15, -0.1) is 11.8 Å². The van der Waals surface area contributed by atoms with Crippen LogP contribution < -0.4 is 5.32 Å². The largest absolute Gasteiger partial charge is 0.316 e. The molecule has 0 unspecified atom stereocenters. The lowest BCUT2D eigenvalue weighted by Gasteiger charge is -2.20. The molecule has 2 heterocycles. The number of hydrogen-bond acceptors (Lipinski definition) is 5. The molecule has 94 valence electrons. The second-order valence-corrected chi connectivity index (χ2v) is 5.36. The molecule has 0 aliphatic carbocycles. The predicted molar refractivity (Wildman–Crippen MR) is 71.1 cm³/mol. The Kier molecular flexibility index (Phi) is 4.76. The first-order chi connectivity index (χ1) is 8.29. The van der Waals surface area contributed by atoms with Gasteiger partial charge in [0.1, 0.15) is 5.03 Å². The van der Waals surface area contributed by atoms with Crippen LogP contribution in [0, 0.1) is 5.92 Å². The van der Waals surface area contributed by atoms with E-state index in [-0.39, 0.29) is 0 Å². The van der Waals surface area contributed by atoms with E-state index in [2.05, 4.69) is 33.5 Å². The molecule has 1 aromatic heterocycles. The number of aromatic nitrogens is 2. The zero-order chi connectivity index (χ0) is 12.1. The highest BCUT2D eigenvalue weighted by Crippen LogP contribution is 2.17. The fourth-order valence-electron chi connectivity index (χ4n) is 2.26. The number of hydrogen-bond donors (Lipinski definition) is 1. The van der Waals surface area contributed by atoms with Gasteiger partial charge in [-0.1, -0.05) is 0 Å². The second-order valence-electron chi connectivity index (χ2n) is 4.57. The van der Waals surface area contributed by atoms with Crippen molar-refractivity contribution in [2.45, 2.75) is 18.0 Å². The van der Waals surface area contributed by atoms with Crippen molar-refractivity contribution in [1.29, 1.82) is 0 Å². The zero-order valence-electron chi connectivity index (χ0n) is 10.5. The van der Waals surface area contributed by atoms with Gasteiger partial charge in [-0.05, 0) is 38.7 Å². The van der Waals surface area contributed by atoms with E-state index in [1.165, 1.54) is 13.0 Å². The number of thioether (sulfide) groups is 1. The molecule has 17 heavy (non-hydrogen) atoms. The van der Waals surface area contributed by atoms with E-state index in [9.17, 15) is 0 Å². The van der Waals surface area contributed by atoms with Gasteiger partial charge in [0.05, 0.1) is 5.69 Å². The van der Waals surface area contributed by atoms with Gasteiger partial charge in [0.25, 0.3) is 0 Å². The maximum absolute atomic E-state index is 4.42. The zero-order valence-corrected chi connectivity index (χ0v) is 11.3. The van der Waals surface area contributed by atoms with Crippen LogP contribution in [0.25, 0.3) is 0 Å². The van der Waals surface area contributed by atoms with Gasteiger partial charge in [-0.3, -0.25) is 4.98 Å². The molecule has 0 aromatic carbocycles. The van der Waals surface area contributed by atoms with Crippen molar-refractivity contribution in [2.75, 3.05) is 32.9 Å². The Hall–Kier alpha value is -0.650. The smallest absolute Gasteiger partial charge is 0.119 e. The molecule has 2 rings (SSSR count). The Bertz CT molecular complexity index is 352. The highest BCUT2D eigenvalue weighted by Gasteiger charge is 2.17. The van der Waals surface area contributed by atoms with Crippen molar-refractivity contribution >= 4 is 11.8 Å². The molecule has 1 aromatic rings. The number of nitrogens with zero attached hydrogens (tertiary/aromatic N) is 3. The van der Waals surface area contributed by atoms with Crippen molar-refractivity contribution in [2.24, 2.45) is 5.92 Å². The molecule has 1 N–H and O–H groups in total. The van der Waals surface area contributed by atoms with Gasteiger partial charge in [-0.2, -0.15) is 0 Å². The third kappa shape index (κ3) is 3.66. The quantitative estimate of drug-likeness (QED) is 0.799. The van der Waals surface area contributed by atoms with Crippen LogP contribution in [-0.2, 0) is 6.54 Å². The van der Waals surface area contributed by atoms with Crippen LogP contribution in [0.2, 0.25) is 0 Å². The summed E-state index contributed by atoms with van der Waals surface area (Å²) in [6.07, 6.45) is 6.88. The fraction of sp³-hybridized carbons (Fsp3) is 0.667. The van der Waals surface area contributed by atoms with E-state index in [1.54, 1.807) is 24.2 Å². The van der Waals surface area contributed by atoms with Crippen LogP contribution in [0.4, 0.5) is 0 Å². The Morgan fingerprint density at radius 2 is 2.29 bits per heavy atom. The summed E-state index contributed by atoms with van der Waals surface area (Å²) in [4.78, 5) is 11.1. The molecular weight excluding hydrogens is 232 g/mol. The van der Waals surface area contributed by atoms with Gasteiger partial charge >= 0.3 is 0 Å². The van der Waals surface area contributed by atoms with Crippen LogP contribution in [0.15, 0.2) is 17.4 Å². The van der Waals surface area contributed by atoms with Gasteiger partial charge < -0.3 is 10.2 Å². The van der Waals surface area contributed by atoms with Crippen LogP contribution in [0.3, 0.4) is 0 Å². The normalized spacial score (nSPS) is 20.1. The maximum Gasteiger partial charge on any atom is 0.119 e. The Morgan fingerprint density at radius 3 is 3.00 bits per heavy atom. The molecule has 0 radical (unpaired) electrons. The molecule has 1 aliphatic heterocycles. The number of nitrogens with one attached hydrogen (secondary N) is 1. The third-order valence-corrected chi connectivity index (χ3v) is 3.81. The minimum Gasteiger partial charge on any atom is -0.316 e. The molecule has 1 atom stereocenters. The highest BCUT2D eigenvalue weighted by molar-refractivity contribution is 7.98. The summed E-state index contributed by atoms with van der Waals surface area (Å²) < 4.78 is 0. The van der Waals surface area contributed by atoms with Crippen molar-refractivity contribution < 1.29 is 0 Å². The Morgan fingerprint density at radius 1 is 1.47 bits per heavy atom. The molecule has 0 amide bonds. The van der Waals surface area contributed by atoms with Crippen LogP contribution in [-0.4, -0.2) is 47.8 Å². The van der Waals surface area contributed by atoms with Crippen molar-refractivity contribution in [3.63, 3.8) is 0 Å². The van der Waals surface area contributed by atoms with E-state index in [0.717, 1.165) is 36.3 Å². The summed E-state index contributed by atoms with van der Waals surface area (Å²) in [6, 6.07) is 0. The second kappa shape index (κ2) is 6.33. The molecule has 1 saturated heterocycles. The van der Waals surface area contributed by atoms with E-state index < -0.39 is 0 Å². The van der Waals surface area contributed by atoms with E-state index >= 15 is 0 Å². The van der Waals surface area contributed by atoms with Gasteiger partial charge in [-0.25, -0.2) is 4.98 Å². The molecular formula is C12H20N4S. The van der Waals surface area contributed by atoms with Crippen molar-refractivity contribution in [1.82, 2.24) is 20.2 Å². The summed E-state index contributed by atoms with van der Waals surface area (Å²) in [5, 5.41) is 4.45. The van der Waals surface area contributed by atoms with E-state index in [4.69, 9.17) is 0 Å². The lowest BCUT2D eigenvalue weighted by Crippen LogP contribution is -2.27. The molecule has 1 fully saturated rings. The van der Waals surface area contributed by atoms with Gasteiger partial charge in [0.2, 0.25) is 0 Å². The molecule has 1 aliphatic rings. The van der Waals surface area contributed by atoms with Gasteiger partial charge in [0, 0.05) is 25.5 Å². The Balaban J connectivity index is 1.90. The lowest BCUT2D eigenvalue weighted by atomic mass is 10.1. The predicted octanol–water partition coefficient (Wildman–Crippen LogP) is 1.24. The summed E-state index contributed by atoms with van der Waals surface area (Å²) in [5.41, 5.74) is 1.09. The van der Waals surface area contributed by atoms with Crippen LogP contribution in [0.1, 0.15) is 12.1 Å². The van der Waals surface area contributed by atoms with Crippen LogP contribution >= 0.6 is 11.8 Å². The topological polar surface area (TPSA) is 41.1 Å². The molecule has 4 nitrogen and oxygen atoms in total. The number of rotatable bonds is 5. The summed E-state index contributed by atoms with van der Waals surface area (Å²) >= 11 is 1.67. The standard InChI is InChI=1S/C12H20N4S/c1-16(8-10-3-4-13-7-10)9-11-12(17-2)15-6-5-14-11/h5-6,10,13H,3-4,7-9H2,1-2H3/t10-/m0/s1. The summed E-state index contributed by atoms with van der Waals surface area (Å²) in [5.74, 6) is 0.786. The summed E-state index contributed by atoms with van der Waals surface area (Å²) in [6.45, 7) is 4.35. The monoisotopic (exact) mass is 252 g/mol. The average Bonchev–Trinajstić information content (AvgIpc) is 2.82. The fourth-order valence-corrected chi connectivity index (χ4v) is 2.78. The third-order valence-electron chi connectivity index (χ3n) is 3.08. The van der Waals surface area contributed by atoms with Crippen molar-refractivity contribution in [3.8, 4) is 0 Å². The average molecular weight is 252 g/mol. The first kappa shape index (κ1) is 12.8. The molecule has 0 bridgehead atoms. The first-order valence-electron chi connectivity index (χ1n) is 6.02. The summed E-state index contributed by atoms with van der Waals surface area (Å²) in [7, 11) is 2.16. The molecule has 0 saturated carbocycles. The molecule has 5 heteroatoms. The van der Waals surface area contributed by atoms with Crippen molar-refractivity contribution in [3.05, 3.63) is 18.1 Å². The molecule has 0 spiro atoms. The lowest BCUT2D eigenvalue weighted by molar-refractivity contribution is 0.273. The SMILES string of the molecule is CSc1nccnc1CN(C)C[C@H]1CCNC1. The first-order valence-corrected chi connectivity index (χ1v) is 7.25. The highest BCUT2D eigenvalue weighted by atomic mass is 32.2. The minimum absolute atomic E-state index is 0.786. The van der Waals surface area contributed by atoms with Crippen LogP contribution in [0.5, 0.6) is 0 Å². The Labute approximate surface area is 107 Å². The van der Waals surface area contributed by atoms with E-state index in [1.807, 2.05) is 0 Å². The minimum atomic E-state index is 0.786. The maximum atomic E-state index is 4.42. The van der Waals surface area contributed by atoms with E-state index in [0.29, 0.717) is 0 Å². The van der Waals surface area contributed by atoms with Gasteiger partial charge in [0.15, 0.2) is 0 Å².